The molecule has 0 saturated heterocycles. The van der Waals surface area contributed by atoms with Gasteiger partial charge in [0, 0.05) is 5.70 Å². The van der Waals surface area contributed by atoms with Crippen molar-refractivity contribution < 1.29 is 23.8 Å². The molecule has 7 heteroatoms. The van der Waals surface area contributed by atoms with Crippen molar-refractivity contribution >= 4 is 12.0 Å². The Morgan fingerprint density at radius 1 is 0.857 bits per heavy atom. The number of carbonyl (C=O) groups excluding carboxylic acids is 2. The number of urea groups is 1. The molecule has 2 N–H and O–H groups in total. The summed E-state index contributed by atoms with van der Waals surface area (Å²) in [4.78, 5) is 24.9. The molecule has 0 saturated carbocycles. The van der Waals surface area contributed by atoms with Crippen LogP contribution in [0, 0.1) is 0 Å². The van der Waals surface area contributed by atoms with Gasteiger partial charge < -0.3 is 24.8 Å². The highest BCUT2D eigenvalue weighted by molar-refractivity contribution is 5.95. The number of nitrogens with one attached hydrogen (secondary N) is 2. The summed E-state index contributed by atoms with van der Waals surface area (Å²) in [7, 11) is 0. The maximum Gasteiger partial charge on any atom is 0.338 e. The molecule has 0 bridgehead atoms. The van der Waals surface area contributed by atoms with E-state index in [-0.39, 0.29) is 6.61 Å². The molecule has 0 radical (unpaired) electrons. The fraction of sp³-hybridized carbons (Fsp3) is 0.214. The number of carbonyl (C=O) groups is 2. The van der Waals surface area contributed by atoms with Crippen molar-refractivity contribution in [2.75, 3.05) is 6.61 Å². The van der Waals surface area contributed by atoms with E-state index in [1.807, 2.05) is 66.7 Å². The molecule has 1 unspecified atom stereocenters. The first kappa shape index (κ1) is 23.9. The summed E-state index contributed by atoms with van der Waals surface area (Å²) in [6, 6.07) is 24.0. The van der Waals surface area contributed by atoms with Crippen molar-refractivity contribution in [3.63, 3.8) is 0 Å². The monoisotopic (exact) mass is 472 g/mol. The van der Waals surface area contributed by atoms with Gasteiger partial charge in [-0.15, -0.1) is 0 Å². The Morgan fingerprint density at radius 3 is 2.06 bits per heavy atom. The van der Waals surface area contributed by atoms with Crippen molar-refractivity contribution in [3.8, 4) is 11.5 Å². The zero-order chi connectivity index (χ0) is 24.6. The summed E-state index contributed by atoms with van der Waals surface area (Å²) in [5.41, 5.74) is 3.51. The van der Waals surface area contributed by atoms with Crippen LogP contribution in [0.3, 0.4) is 0 Å². The largest absolute Gasteiger partial charge is 0.485 e. The van der Waals surface area contributed by atoms with E-state index in [4.69, 9.17) is 14.2 Å². The van der Waals surface area contributed by atoms with E-state index in [9.17, 15) is 9.59 Å². The molecule has 1 atom stereocenters. The minimum Gasteiger partial charge on any atom is -0.485 e. The zero-order valence-electron chi connectivity index (χ0n) is 19.7. The van der Waals surface area contributed by atoms with Gasteiger partial charge in [0.05, 0.1) is 18.2 Å². The van der Waals surface area contributed by atoms with E-state index in [0.29, 0.717) is 41.5 Å². The maximum atomic E-state index is 12.7. The molecule has 1 aliphatic rings. The Morgan fingerprint density at radius 2 is 1.46 bits per heavy atom. The second-order valence-corrected chi connectivity index (χ2v) is 8.05. The summed E-state index contributed by atoms with van der Waals surface area (Å²) < 4.78 is 17.5. The predicted molar refractivity (Wildman–Crippen MR) is 132 cm³/mol. The Bertz CT molecular complexity index is 1210. The van der Waals surface area contributed by atoms with E-state index in [1.165, 1.54) is 0 Å². The first-order valence-corrected chi connectivity index (χ1v) is 11.5. The molecule has 1 aliphatic heterocycles. The van der Waals surface area contributed by atoms with Crippen LogP contribution in [0.15, 0.2) is 90.1 Å². The molecular weight excluding hydrogens is 444 g/mol. The topological polar surface area (TPSA) is 85.9 Å². The molecule has 3 aromatic carbocycles. The van der Waals surface area contributed by atoms with E-state index >= 15 is 0 Å². The highest BCUT2D eigenvalue weighted by Gasteiger charge is 2.32. The fourth-order valence-corrected chi connectivity index (χ4v) is 3.83. The van der Waals surface area contributed by atoms with Crippen LogP contribution in [0.5, 0.6) is 11.5 Å². The zero-order valence-corrected chi connectivity index (χ0v) is 19.7. The van der Waals surface area contributed by atoms with Gasteiger partial charge in [-0.25, -0.2) is 9.59 Å². The van der Waals surface area contributed by atoms with Crippen LogP contribution in [-0.4, -0.2) is 18.6 Å². The van der Waals surface area contributed by atoms with Crippen LogP contribution in [-0.2, 0) is 22.7 Å². The number of amides is 2. The number of hydrogen-bond donors (Lipinski definition) is 2. The summed E-state index contributed by atoms with van der Waals surface area (Å²) in [5, 5.41) is 5.48. The van der Waals surface area contributed by atoms with E-state index < -0.39 is 18.0 Å². The molecule has 2 amide bonds. The van der Waals surface area contributed by atoms with E-state index in [0.717, 1.165) is 11.1 Å². The van der Waals surface area contributed by atoms with Crippen molar-refractivity contribution in [3.05, 3.63) is 107 Å². The Kier molecular flexibility index (Phi) is 7.67. The molecule has 35 heavy (non-hydrogen) atoms. The van der Waals surface area contributed by atoms with Gasteiger partial charge in [0.2, 0.25) is 0 Å². The van der Waals surface area contributed by atoms with E-state index in [2.05, 4.69) is 10.6 Å². The summed E-state index contributed by atoms with van der Waals surface area (Å²) in [5.74, 6) is 0.585. The Labute approximate surface area is 204 Å². The quantitative estimate of drug-likeness (QED) is 0.427. The standard InChI is InChI=1S/C28H28N2O5/c1-3-33-27(31)25-19(2)29-28(32)30-26(25)22-14-15-23(34-17-20-10-6-4-7-11-20)24(16-22)35-18-21-12-8-5-9-13-21/h4-16,26H,3,17-18H2,1-2H3,(H2,29,30,32). The van der Waals surface area contributed by atoms with Crippen LogP contribution in [0.2, 0.25) is 0 Å². The average Bonchev–Trinajstić information content (AvgIpc) is 2.87. The fourth-order valence-electron chi connectivity index (χ4n) is 3.83. The average molecular weight is 473 g/mol. The lowest BCUT2D eigenvalue weighted by Crippen LogP contribution is -2.45. The summed E-state index contributed by atoms with van der Waals surface area (Å²) >= 11 is 0. The highest BCUT2D eigenvalue weighted by atomic mass is 16.5. The number of ether oxygens (including phenoxy) is 3. The Balaban J connectivity index is 1.65. The number of hydrogen-bond acceptors (Lipinski definition) is 5. The minimum absolute atomic E-state index is 0.230. The lowest BCUT2D eigenvalue weighted by molar-refractivity contribution is -0.139. The van der Waals surface area contributed by atoms with Gasteiger partial charge in [-0.3, -0.25) is 0 Å². The first-order valence-electron chi connectivity index (χ1n) is 11.5. The lowest BCUT2D eigenvalue weighted by Gasteiger charge is -2.28. The van der Waals surface area contributed by atoms with Crippen molar-refractivity contribution in [1.29, 1.82) is 0 Å². The normalized spacial score (nSPS) is 15.1. The van der Waals surface area contributed by atoms with Crippen LogP contribution >= 0.6 is 0 Å². The molecular formula is C28H28N2O5. The second kappa shape index (κ2) is 11.2. The number of rotatable bonds is 9. The van der Waals surface area contributed by atoms with Crippen molar-refractivity contribution in [2.45, 2.75) is 33.1 Å². The molecule has 0 fully saturated rings. The molecule has 4 rings (SSSR count). The SMILES string of the molecule is CCOC(=O)C1=C(C)NC(=O)NC1c1ccc(OCc2ccccc2)c(OCc2ccccc2)c1. The molecule has 0 aromatic heterocycles. The van der Waals surface area contributed by atoms with E-state index in [1.54, 1.807) is 26.0 Å². The van der Waals surface area contributed by atoms with Gasteiger partial charge in [0.15, 0.2) is 11.5 Å². The third-order valence-electron chi connectivity index (χ3n) is 5.54. The van der Waals surface area contributed by atoms with Gasteiger partial charge in [0.1, 0.15) is 13.2 Å². The smallest absolute Gasteiger partial charge is 0.338 e. The molecule has 3 aromatic rings. The molecule has 0 aliphatic carbocycles. The van der Waals surface area contributed by atoms with Gasteiger partial charge in [-0.1, -0.05) is 66.7 Å². The molecule has 0 spiro atoms. The van der Waals surface area contributed by atoms with Gasteiger partial charge in [-0.2, -0.15) is 0 Å². The third kappa shape index (κ3) is 6.00. The first-order chi connectivity index (χ1) is 17.0. The van der Waals surface area contributed by atoms with Gasteiger partial charge in [-0.05, 0) is 42.7 Å². The minimum atomic E-state index is -0.690. The van der Waals surface area contributed by atoms with Gasteiger partial charge >= 0.3 is 12.0 Å². The summed E-state index contributed by atoms with van der Waals surface area (Å²) in [6.45, 7) is 4.37. The second-order valence-electron chi connectivity index (χ2n) is 8.05. The lowest BCUT2D eigenvalue weighted by atomic mass is 9.95. The van der Waals surface area contributed by atoms with Gasteiger partial charge in [0.25, 0.3) is 0 Å². The van der Waals surface area contributed by atoms with Crippen molar-refractivity contribution in [2.24, 2.45) is 0 Å². The van der Waals surface area contributed by atoms with Crippen LogP contribution in [0.4, 0.5) is 4.79 Å². The van der Waals surface area contributed by atoms with Crippen LogP contribution in [0.1, 0.15) is 36.6 Å². The summed E-state index contributed by atoms with van der Waals surface area (Å²) in [6.07, 6.45) is 0. The van der Waals surface area contributed by atoms with Crippen LogP contribution in [0.25, 0.3) is 0 Å². The molecule has 1 heterocycles. The maximum absolute atomic E-state index is 12.7. The Hall–Kier alpha value is -4.26. The van der Waals surface area contributed by atoms with Crippen molar-refractivity contribution in [1.82, 2.24) is 10.6 Å². The number of esters is 1. The highest BCUT2D eigenvalue weighted by Crippen LogP contribution is 2.35. The van der Waals surface area contributed by atoms with Crippen LogP contribution < -0.4 is 20.1 Å². The molecule has 7 nitrogen and oxygen atoms in total. The molecule has 180 valence electrons. The third-order valence-corrected chi connectivity index (χ3v) is 5.54. The predicted octanol–water partition coefficient (Wildman–Crippen LogP) is 5.04. The number of benzene rings is 3. The number of allylic oxidation sites excluding steroid dienone is 1.